The van der Waals surface area contributed by atoms with Gasteiger partial charge in [-0.2, -0.15) is 0 Å². The van der Waals surface area contributed by atoms with Crippen LogP contribution in [0.15, 0.2) is 0 Å². The first-order valence-corrected chi connectivity index (χ1v) is 4.15. The Labute approximate surface area is 70.4 Å². The van der Waals surface area contributed by atoms with Crippen LogP contribution in [0.4, 0.5) is 0 Å². The van der Waals surface area contributed by atoms with Crippen molar-refractivity contribution < 1.29 is 4.79 Å². The highest BCUT2D eigenvalue weighted by Gasteiger charge is 1.95. The van der Waals surface area contributed by atoms with Gasteiger partial charge in [0.1, 0.15) is 0 Å². The van der Waals surface area contributed by atoms with Crippen LogP contribution in [0.25, 0.3) is 0 Å². The minimum Gasteiger partial charge on any atom is -0.362 e. The molecule has 0 saturated carbocycles. The topological polar surface area (TPSA) is 29.1 Å². The highest BCUT2D eigenvalue weighted by atomic mass is 16.1. The molecule has 0 aliphatic carbocycles. The zero-order chi connectivity index (χ0) is 9.28. The summed E-state index contributed by atoms with van der Waals surface area (Å²) in [5.74, 6) is 1.75. The molecule has 1 amide bonds. The quantitative estimate of drug-likeness (QED) is 0.627. The fourth-order valence-corrected chi connectivity index (χ4v) is 0.943. The number of amides is 1. The molecular formula is C9H21NO. The fraction of sp³-hybridized carbons (Fsp3) is 0.889. The van der Waals surface area contributed by atoms with Gasteiger partial charge in [0.2, 0.25) is 6.41 Å². The van der Waals surface area contributed by atoms with Crippen LogP contribution in [-0.2, 0) is 4.79 Å². The van der Waals surface area contributed by atoms with Gasteiger partial charge in [0.05, 0.1) is 0 Å². The summed E-state index contributed by atoms with van der Waals surface area (Å²) in [4.78, 5) is 9.06. The van der Waals surface area contributed by atoms with Crippen LogP contribution in [0.2, 0.25) is 0 Å². The van der Waals surface area contributed by atoms with Crippen molar-refractivity contribution >= 4 is 6.41 Å². The Hall–Kier alpha value is -0.530. The van der Waals surface area contributed by atoms with Gasteiger partial charge in [-0.15, -0.1) is 0 Å². The lowest BCUT2D eigenvalue weighted by Gasteiger charge is -2.05. The van der Waals surface area contributed by atoms with Crippen molar-refractivity contribution in [3.63, 3.8) is 0 Å². The first-order valence-electron chi connectivity index (χ1n) is 4.15. The van der Waals surface area contributed by atoms with Crippen LogP contribution in [0.3, 0.4) is 0 Å². The van der Waals surface area contributed by atoms with Gasteiger partial charge in [0, 0.05) is 7.05 Å². The van der Waals surface area contributed by atoms with Crippen LogP contribution in [-0.4, -0.2) is 13.5 Å². The van der Waals surface area contributed by atoms with Crippen molar-refractivity contribution in [2.45, 2.75) is 34.1 Å². The average Bonchev–Trinajstić information content (AvgIpc) is 1.85. The second kappa shape index (κ2) is 9.47. The SMILES string of the molecule is CC(C)CC(C)C.CNC=O. The molecule has 0 aliphatic heterocycles. The van der Waals surface area contributed by atoms with E-state index in [1.807, 2.05) is 0 Å². The summed E-state index contributed by atoms with van der Waals surface area (Å²) in [7, 11) is 1.56. The summed E-state index contributed by atoms with van der Waals surface area (Å²) < 4.78 is 0. The number of carbonyl (C=O) groups excluding carboxylic acids is 1. The fourth-order valence-electron chi connectivity index (χ4n) is 0.943. The minimum absolute atomic E-state index is 0.625. The molecule has 0 fully saturated rings. The monoisotopic (exact) mass is 159 g/mol. The van der Waals surface area contributed by atoms with Gasteiger partial charge < -0.3 is 5.32 Å². The van der Waals surface area contributed by atoms with Crippen LogP contribution in [0.5, 0.6) is 0 Å². The zero-order valence-corrected chi connectivity index (χ0v) is 8.35. The highest BCUT2D eigenvalue weighted by Crippen LogP contribution is 2.08. The van der Waals surface area contributed by atoms with Gasteiger partial charge in [-0.1, -0.05) is 27.7 Å². The van der Waals surface area contributed by atoms with Gasteiger partial charge in [-0.05, 0) is 18.3 Å². The normalized spacial score (nSPS) is 9.00. The molecule has 0 unspecified atom stereocenters. The molecule has 11 heavy (non-hydrogen) atoms. The van der Waals surface area contributed by atoms with E-state index in [1.165, 1.54) is 6.42 Å². The summed E-state index contributed by atoms with van der Waals surface area (Å²) >= 11 is 0. The summed E-state index contributed by atoms with van der Waals surface area (Å²) in [6.45, 7) is 9.06. The third-order valence-corrected chi connectivity index (χ3v) is 1.06. The highest BCUT2D eigenvalue weighted by molar-refractivity contribution is 5.44. The van der Waals surface area contributed by atoms with Crippen molar-refractivity contribution in [1.82, 2.24) is 5.32 Å². The van der Waals surface area contributed by atoms with Crippen molar-refractivity contribution in [1.29, 1.82) is 0 Å². The molecule has 0 aliphatic rings. The molecule has 2 nitrogen and oxygen atoms in total. The smallest absolute Gasteiger partial charge is 0.206 e. The van der Waals surface area contributed by atoms with Crippen molar-refractivity contribution in [3.8, 4) is 0 Å². The van der Waals surface area contributed by atoms with Crippen molar-refractivity contribution in [2.24, 2.45) is 11.8 Å². The van der Waals surface area contributed by atoms with Gasteiger partial charge in [-0.25, -0.2) is 0 Å². The van der Waals surface area contributed by atoms with Crippen LogP contribution < -0.4 is 5.32 Å². The van der Waals surface area contributed by atoms with E-state index in [2.05, 4.69) is 33.0 Å². The minimum atomic E-state index is 0.625. The molecule has 0 bridgehead atoms. The molecule has 0 spiro atoms. The van der Waals surface area contributed by atoms with E-state index in [0.29, 0.717) is 6.41 Å². The third kappa shape index (κ3) is 26.4. The summed E-state index contributed by atoms with van der Waals surface area (Å²) in [5, 5.41) is 2.25. The maximum Gasteiger partial charge on any atom is 0.206 e. The molecular weight excluding hydrogens is 138 g/mol. The van der Waals surface area contributed by atoms with E-state index < -0.39 is 0 Å². The summed E-state index contributed by atoms with van der Waals surface area (Å²) in [6, 6.07) is 0. The Bertz CT molecular complexity index is 73.6. The summed E-state index contributed by atoms with van der Waals surface area (Å²) in [5.41, 5.74) is 0. The molecule has 2 heteroatoms. The summed E-state index contributed by atoms with van der Waals surface area (Å²) in [6.07, 6.45) is 1.99. The largest absolute Gasteiger partial charge is 0.362 e. The van der Waals surface area contributed by atoms with Gasteiger partial charge in [0.25, 0.3) is 0 Å². The average molecular weight is 159 g/mol. The molecule has 0 rings (SSSR count). The van der Waals surface area contributed by atoms with Gasteiger partial charge in [-0.3, -0.25) is 4.79 Å². The number of carbonyl (C=O) groups is 1. The lowest BCUT2D eigenvalue weighted by molar-refractivity contribution is -0.109. The standard InChI is InChI=1S/C7H16.C2H5NO/c1-6(2)5-7(3)4;1-3-2-4/h6-7H,5H2,1-4H3;2H,1H3,(H,3,4). The van der Waals surface area contributed by atoms with Crippen LogP contribution in [0, 0.1) is 11.8 Å². The molecule has 0 heterocycles. The molecule has 0 saturated heterocycles. The maximum atomic E-state index is 9.06. The number of hydrogen-bond donors (Lipinski definition) is 1. The Kier molecular flexibility index (Phi) is 11.3. The lowest BCUT2D eigenvalue weighted by atomic mass is 10.0. The predicted molar refractivity (Wildman–Crippen MR) is 49.4 cm³/mol. The van der Waals surface area contributed by atoms with E-state index in [1.54, 1.807) is 7.05 Å². The molecule has 0 aromatic rings. The molecule has 0 aromatic carbocycles. The van der Waals surface area contributed by atoms with Gasteiger partial charge in [0.15, 0.2) is 0 Å². The molecule has 0 atom stereocenters. The molecule has 68 valence electrons. The molecule has 1 N–H and O–H groups in total. The second-order valence-electron chi connectivity index (χ2n) is 3.43. The number of nitrogens with one attached hydrogen (secondary N) is 1. The second-order valence-corrected chi connectivity index (χ2v) is 3.43. The lowest BCUT2D eigenvalue weighted by Crippen LogP contribution is -1.98. The van der Waals surface area contributed by atoms with Crippen molar-refractivity contribution in [3.05, 3.63) is 0 Å². The van der Waals surface area contributed by atoms with E-state index in [4.69, 9.17) is 4.79 Å². The van der Waals surface area contributed by atoms with Crippen LogP contribution >= 0.6 is 0 Å². The first-order chi connectivity index (χ1) is 5.04. The Morgan fingerprint density at radius 3 is 1.45 bits per heavy atom. The number of rotatable bonds is 3. The van der Waals surface area contributed by atoms with E-state index in [0.717, 1.165) is 11.8 Å². The zero-order valence-electron chi connectivity index (χ0n) is 8.35. The maximum absolute atomic E-state index is 9.06. The molecule has 0 radical (unpaired) electrons. The number of hydrogen-bond acceptors (Lipinski definition) is 1. The Balaban J connectivity index is 0. The Morgan fingerprint density at radius 1 is 1.18 bits per heavy atom. The van der Waals surface area contributed by atoms with Crippen LogP contribution in [0.1, 0.15) is 34.1 Å². The van der Waals surface area contributed by atoms with E-state index >= 15 is 0 Å². The van der Waals surface area contributed by atoms with E-state index in [9.17, 15) is 0 Å². The predicted octanol–water partition coefficient (Wildman–Crippen LogP) is 2.05. The third-order valence-electron chi connectivity index (χ3n) is 1.06. The van der Waals surface area contributed by atoms with Crippen molar-refractivity contribution in [2.75, 3.05) is 7.05 Å². The van der Waals surface area contributed by atoms with Gasteiger partial charge >= 0.3 is 0 Å². The van der Waals surface area contributed by atoms with E-state index in [-0.39, 0.29) is 0 Å². The molecule has 0 aromatic heterocycles. The first kappa shape index (κ1) is 13.1. The Morgan fingerprint density at radius 2 is 1.45 bits per heavy atom.